The molecule has 23 heavy (non-hydrogen) atoms. The number of thiocarbonyl (C=S) groups is 1. The second kappa shape index (κ2) is 7.02. The third-order valence-electron chi connectivity index (χ3n) is 3.53. The monoisotopic (exact) mass is 342 g/mol. The number of nitrogens with one attached hydrogen (secondary N) is 1. The first-order valence-electron chi connectivity index (χ1n) is 7.48. The normalized spacial score (nSPS) is 10.7. The fraction of sp³-hybridized carbons (Fsp3) is 0.235. The summed E-state index contributed by atoms with van der Waals surface area (Å²) in [6, 6.07) is 12.2. The minimum atomic E-state index is 0.620. The average Bonchev–Trinajstić information content (AvgIpc) is 3.20. The molecular formula is C17H18N4S2. The van der Waals surface area contributed by atoms with Gasteiger partial charge in [0.15, 0.2) is 0 Å². The van der Waals surface area contributed by atoms with Gasteiger partial charge in [0.05, 0.1) is 23.6 Å². The Balaban J connectivity index is 1.65. The van der Waals surface area contributed by atoms with E-state index in [1.54, 1.807) is 11.3 Å². The van der Waals surface area contributed by atoms with E-state index in [0.29, 0.717) is 11.5 Å². The van der Waals surface area contributed by atoms with Crippen molar-refractivity contribution in [1.82, 2.24) is 20.1 Å². The van der Waals surface area contributed by atoms with Crippen molar-refractivity contribution < 1.29 is 0 Å². The van der Waals surface area contributed by atoms with Crippen molar-refractivity contribution in [2.45, 2.75) is 19.9 Å². The molecule has 2 aromatic heterocycles. The Labute approximate surface area is 145 Å². The maximum absolute atomic E-state index is 5.47. The van der Waals surface area contributed by atoms with Crippen LogP contribution in [0.1, 0.15) is 24.0 Å². The van der Waals surface area contributed by atoms with Gasteiger partial charge in [-0.2, -0.15) is 5.10 Å². The number of benzene rings is 1. The first-order valence-corrected chi connectivity index (χ1v) is 8.77. The van der Waals surface area contributed by atoms with Crippen LogP contribution < -0.4 is 5.32 Å². The SMILES string of the molecule is CCc1cc(C(=S)NCc2csc(-c3ccccc3)n2)n(C)n1. The van der Waals surface area contributed by atoms with Gasteiger partial charge in [0, 0.05) is 18.0 Å². The molecule has 0 aliphatic carbocycles. The maximum Gasteiger partial charge on any atom is 0.125 e. The van der Waals surface area contributed by atoms with E-state index in [0.717, 1.165) is 34.1 Å². The molecule has 3 rings (SSSR count). The lowest BCUT2D eigenvalue weighted by molar-refractivity contribution is 0.735. The summed E-state index contributed by atoms with van der Waals surface area (Å²) in [5, 5.41) is 10.8. The fourth-order valence-corrected chi connectivity index (χ4v) is 3.36. The highest BCUT2D eigenvalue weighted by molar-refractivity contribution is 7.80. The van der Waals surface area contributed by atoms with E-state index in [9.17, 15) is 0 Å². The van der Waals surface area contributed by atoms with Gasteiger partial charge in [-0.15, -0.1) is 11.3 Å². The average molecular weight is 342 g/mol. The number of aromatic nitrogens is 3. The molecule has 0 atom stereocenters. The molecule has 4 nitrogen and oxygen atoms in total. The quantitative estimate of drug-likeness (QED) is 0.720. The number of hydrogen-bond acceptors (Lipinski definition) is 4. The molecule has 0 saturated heterocycles. The van der Waals surface area contributed by atoms with Crippen LogP contribution in [-0.2, 0) is 20.0 Å². The molecular weight excluding hydrogens is 324 g/mol. The number of thiazole rings is 1. The van der Waals surface area contributed by atoms with Gasteiger partial charge in [-0.3, -0.25) is 4.68 Å². The van der Waals surface area contributed by atoms with E-state index in [4.69, 9.17) is 12.2 Å². The summed E-state index contributed by atoms with van der Waals surface area (Å²) in [5.41, 5.74) is 4.13. The Morgan fingerprint density at radius 1 is 1.26 bits per heavy atom. The second-order valence-electron chi connectivity index (χ2n) is 5.19. The molecule has 1 N–H and O–H groups in total. The van der Waals surface area contributed by atoms with Crippen molar-refractivity contribution in [3.05, 3.63) is 58.9 Å². The molecule has 0 unspecified atom stereocenters. The minimum Gasteiger partial charge on any atom is -0.369 e. The lowest BCUT2D eigenvalue weighted by Crippen LogP contribution is -2.24. The van der Waals surface area contributed by atoms with Crippen LogP contribution >= 0.6 is 23.6 Å². The van der Waals surface area contributed by atoms with Crippen molar-refractivity contribution >= 4 is 28.5 Å². The fourth-order valence-electron chi connectivity index (χ4n) is 2.27. The number of aryl methyl sites for hydroxylation is 2. The number of hydrogen-bond donors (Lipinski definition) is 1. The summed E-state index contributed by atoms with van der Waals surface area (Å²) >= 11 is 7.12. The predicted octanol–water partition coefficient (Wildman–Crippen LogP) is 3.57. The highest BCUT2D eigenvalue weighted by Gasteiger charge is 2.10. The van der Waals surface area contributed by atoms with Crippen molar-refractivity contribution in [3.63, 3.8) is 0 Å². The van der Waals surface area contributed by atoms with E-state index in [1.807, 2.05) is 36.0 Å². The first-order chi connectivity index (χ1) is 11.2. The molecule has 3 aromatic rings. The van der Waals surface area contributed by atoms with Crippen LogP contribution in [0.2, 0.25) is 0 Å². The molecule has 0 bridgehead atoms. The summed E-state index contributed by atoms with van der Waals surface area (Å²) in [6.45, 7) is 2.71. The smallest absolute Gasteiger partial charge is 0.125 e. The molecule has 0 saturated carbocycles. The Hall–Kier alpha value is -2.05. The lowest BCUT2D eigenvalue weighted by atomic mass is 10.2. The summed E-state index contributed by atoms with van der Waals surface area (Å²) < 4.78 is 1.82. The highest BCUT2D eigenvalue weighted by Crippen LogP contribution is 2.23. The van der Waals surface area contributed by atoms with Crippen LogP contribution in [0.5, 0.6) is 0 Å². The molecule has 6 heteroatoms. The van der Waals surface area contributed by atoms with E-state index in [-0.39, 0.29) is 0 Å². The lowest BCUT2D eigenvalue weighted by Gasteiger charge is -2.06. The van der Waals surface area contributed by atoms with Crippen LogP contribution in [0.15, 0.2) is 41.8 Å². The molecule has 0 aliphatic heterocycles. The molecule has 0 amide bonds. The van der Waals surface area contributed by atoms with Gasteiger partial charge in [-0.1, -0.05) is 49.5 Å². The van der Waals surface area contributed by atoms with Gasteiger partial charge in [-0.25, -0.2) is 4.98 Å². The van der Waals surface area contributed by atoms with E-state index < -0.39 is 0 Å². The van der Waals surface area contributed by atoms with Crippen molar-refractivity contribution in [2.75, 3.05) is 0 Å². The standard InChI is InChI=1S/C17H18N4S2/c1-3-13-9-15(21(2)20-13)16(22)18-10-14-11-23-17(19-14)12-7-5-4-6-8-12/h4-9,11H,3,10H2,1-2H3,(H,18,22). The Morgan fingerprint density at radius 3 is 2.74 bits per heavy atom. The Morgan fingerprint density at radius 2 is 2.04 bits per heavy atom. The highest BCUT2D eigenvalue weighted by atomic mass is 32.1. The summed E-state index contributed by atoms with van der Waals surface area (Å²) in [6.07, 6.45) is 0.906. The van der Waals surface area contributed by atoms with Crippen LogP contribution in [0, 0.1) is 0 Å². The van der Waals surface area contributed by atoms with Gasteiger partial charge in [-0.05, 0) is 12.5 Å². The predicted molar refractivity (Wildman–Crippen MR) is 98.7 cm³/mol. The van der Waals surface area contributed by atoms with Gasteiger partial charge in [0.2, 0.25) is 0 Å². The third-order valence-corrected chi connectivity index (χ3v) is 4.82. The van der Waals surface area contributed by atoms with E-state index in [1.165, 1.54) is 0 Å². The molecule has 0 radical (unpaired) electrons. The Kier molecular flexibility index (Phi) is 4.83. The summed E-state index contributed by atoms with van der Waals surface area (Å²) in [5.74, 6) is 0. The number of rotatable bonds is 5. The largest absolute Gasteiger partial charge is 0.369 e. The van der Waals surface area contributed by atoms with Gasteiger partial charge >= 0.3 is 0 Å². The zero-order valence-corrected chi connectivity index (χ0v) is 14.7. The first kappa shape index (κ1) is 15.8. The van der Waals surface area contributed by atoms with Crippen molar-refractivity contribution in [3.8, 4) is 10.6 Å². The summed E-state index contributed by atoms with van der Waals surface area (Å²) in [7, 11) is 1.92. The molecule has 0 spiro atoms. The van der Waals surface area contributed by atoms with Crippen molar-refractivity contribution in [1.29, 1.82) is 0 Å². The molecule has 118 valence electrons. The van der Waals surface area contributed by atoms with Crippen LogP contribution in [0.3, 0.4) is 0 Å². The van der Waals surface area contributed by atoms with Crippen LogP contribution in [0.25, 0.3) is 10.6 Å². The molecule has 2 heterocycles. The van der Waals surface area contributed by atoms with Gasteiger partial charge in [0.1, 0.15) is 10.00 Å². The molecule has 1 aromatic carbocycles. The zero-order valence-electron chi connectivity index (χ0n) is 13.1. The van der Waals surface area contributed by atoms with Crippen LogP contribution in [-0.4, -0.2) is 19.8 Å². The topological polar surface area (TPSA) is 42.7 Å². The minimum absolute atomic E-state index is 0.620. The van der Waals surface area contributed by atoms with E-state index in [2.05, 4.69) is 39.8 Å². The Bertz CT molecular complexity index is 805. The van der Waals surface area contributed by atoms with E-state index >= 15 is 0 Å². The van der Waals surface area contributed by atoms with Gasteiger partial charge < -0.3 is 5.32 Å². The molecule has 0 aliphatic rings. The second-order valence-corrected chi connectivity index (χ2v) is 6.46. The zero-order chi connectivity index (χ0) is 16.2. The third kappa shape index (κ3) is 3.65. The summed E-state index contributed by atoms with van der Waals surface area (Å²) in [4.78, 5) is 5.37. The number of nitrogens with zero attached hydrogens (tertiary/aromatic N) is 3. The van der Waals surface area contributed by atoms with Gasteiger partial charge in [0.25, 0.3) is 0 Å². The maximum atomic E-state index is 5.47. The molecule has 0 fully saturated rings. The van der Waals surface area contributed by atoms with Crippen molar-refractivity contribution in [2.24, 2.45) is 7.05 Å². The van der Waals surface area contributed by atoms with Crippen LogP contribution in [0.4, 0.5) is 0 Å².